The fourth-order valence-corrected chi connectivity index (χ4v) is 2.42. The highest BCUT2D eigenvalue weighted by Crippen LogP contribution is 2.31. The van der Waals surface area contributed by atoms with Gasteiger partial charge in [-0.15, -0.1) is 11.3 Å². The molecular weight excluding hydrogens is 288 g/mol. The van der Waals surface area contributed by atoms with Crippen LogP contribution >= 0.6 is 27.3 Å². The number of hydrogen-bond acceptors (Lipinski definition) is 4. The molecule has 1 aromatic heterocycles. The molecule has 0 atom stereocenters. The van der Waals surface area contributed by atoms with Crippen molar-refractivity contribution in [1.82, 2.24) is 4.98 Å². The maximum atomic E-state index is 5.60. The summed E-state index contributed by atoms with van der Waals surface area (Å²) in [6.45, 7) is 2.61. The van der Waals surface area contributed by atoms with Crippen molar-refractivity contribution in [3.8, 4) is 17.0 Å². The number of nitrogens with two attached hydrogens (primary N) is 1. The minimum atomic E-state index is 0.583. The maximum absolute atomic E-state index is 5.60. The van der Waals surface area contributed by atoms with Crippen molar-refractivity contribution in [2.75, 3.05) is 12.3 Å². The molecule has 2 aromatic rings. The van der Waals surface area contributed by atoms with E-state index in [0.717, 1.165) is 21.5 Å². The molecule has 0 amide bonds. The minimum absolute atomic E-state index is 0.583. The highest BCUT2D eigenvalue weighted by atomic mass is 79.9. The van der Waals surface area contributed by atoms with Gasteiger partial charge in [-0.05, 0) is 41.1 Å². The third-order valence-corrected chi connectivity index (χ3v) is 3.34. The molecule has 16 heavy (non-hydrogen) atoms. The summed E-state index contributed by atoms with van der Waals surface area (Å²) in [4.78, 5) is 4.23. The molecule has 0 aliphatic carbocycles. The van der Waals surface area contributed by atoms with Crippen LogP contribution in [0.1, 0.15) is 6.92 Å². The molecule has 0 bridgehead atoms. The number of halogens is 1. The van der Waals surface area contributed by atoms with Crippen molar-refractivity contribution >= 4 is 32.4 Å². The number of anilines is 1. The van der Waals surface area contributed by atoms with Crippen LogP contribution in [0.25, 0.3) is 11.3 Å². The predicted octanol–water partition coefficient (Wildman–Crippen LogP) is 3.55. The second kappa shape index (κ2) is 4.84. The van der Waals surface area contributed by atoms with Gasteiger partial charge in [-0.1, -0.05) is 0 Å². The fourth-order valence-electron chi connectivity index (χ4n) is 1.35. The fraction of sp³-hybridized carbons (Fsp3) is 0.182. The largest absolute Gasteiger partial charge is 0.493 e. The van der Waals surface area contributed by atoms with Crippen LogP contribution in [0, 0.1) is 0 Å². The summed E-state index contributed by atoms with van der Waals surface area (Å²) in [5, 5.41) is 2.53. The molecule has 0 unspecified atom stereocenters. The van der Waals surface area contributed by atoms with E-state index < -0.39 is 0 Å². The molecule has 0 saturated carbocycles. The Kier molecular flexibility index (Phi) is 3.46. The van der Waals surface area contributed by atoms with Crippen LogP contribution in [0.5, 0.6) is 5.75 Å². The molecule has 2 rings (SSSR count). The average molecular weight is 299 g/mol. The lowest BCUT2D eigenvalue weighted by Gasteiger charge is -2.06. The maximum Gasteiger partial charge on any atom is 0.180 e. The standard InChI is InChI=1S/C11H11BrN2OS/c1-2-15-10-4-3-7(5-8(10)12)9-6-16-11(13)14-9/h3-6H,2H2,1H3,(H2,13,14). The number of aromatic nitrogens is 1. The van der Waals surface area contributed by atoms with Crippen molar-refractivity contribution < 1.29 is 4.74 Å². The molecule has 5 heteroatoms. The van der Waals surface area contributed by atoms with Crippen LogP contribution in [-0.2, 0) is 0 Å². The van der Waals surface area contributed by atoms with E-state index in [1.807, 2.05) is 30.5 Å². The summed E-state index contributed by atoms with van der Waals surface area (Å²) < 4.78 is 6.37. The van der Waals surface area contributed by atoms with E-state index in [-0.39, 0.29) is 0 Å². The van der Waals surface area contributed by atoms with E-state index in [1.165, 1.54) is 11.3 Å². The van der Waals surface area contributed by atoms with Gasteiger partial charge in [0.1, 0.15) is 5.75 Å². The molecule has 0 aliphatic heterocycles. The highest BCUT2D eigenvalue weighted by molar-refractivity contribution is 9.10. The summed E-state index contributed by atoms with van der Waals surface area (Å²) in [5.41, 5.74) is 7.53. The van der Waals surface area contributed by atoms with Gasteiger partial charge in [0.25, 0.3) is 0 Å². The first-order chi connectivity index (χ1) is 7.70. The molecule has 0 fully saturated rings. The monoisotopic (exact) mass is 298 g/mol. The van der Waals surface area contributed by atoms with Crippen LogP contribution < -0.4 is 10.5 Å². The summed E-state index contributed by atoms with van der Waals surface area (Å²) in [7, 11) is 0. The number of thiazole rings is 1. The van der Waals surface area contributed by atoms with Gasteiger partial charge in [-0.25, -0.2) is 4.98 Å². The zero-order chi connectivity index (χ0) is 11.5. The van der Waals surface area contributed by atoms with Gasteiger partial charge in [-0.2, -0.15) is 0 Å². The predicted molar refractivity (Wildman–Crippen MR) is 70.8 cm³/mol. The molecule has 0 spiro atoms. The van der Waals surface area contributed by atoms with Crippen LogP contribution in [0.15, 0.2) is 28.1 Å². The normalized spacial score (nSPS) is 10.4. The number of ether oxygens (including phenoxy) is 1. The minimum Gasteiger partial charge on any atom is -0.493 e. The first kappa shape index (κ1) is 11.4. The van der Waals surface area contributed by atoms with Gasteiger partial charge in [-0.3, -0.25) is 0 Å². The Morgan fingerprint density at radius 1 is 1.50 bits per heavy atom. The van der Waals surface area contributed by atoms with Crippen molar-refractivity contribution in [3.63, 3.8) is 0 Å². The summed E-state index contributed by atoms with van der Waals surface area (Å²) in [6, 6.07) is 5.89. The lowest BCUT2D eigenvalue weighted by atomic mass is 10.2. The van der Waals surface area contributed by atoms with Crippen molar-refractivity contribution in [2.45, 2.75) is 6.92 Å². The third kappa shape index (κ3) is 2.36. The number of rotatable bonds is 3. The van der Waals surface area contributed by atoms with Crippen LogP contribution in [0.4, 0.5) is 5.13 Å². The number of nitrogens with zero attached hydrogens (tertiary/aromatic N) is 1. The lowest BCUT2D eigenvalue weighted by Crippen LogP contribution is -1.92. The Balaban J connectivity index is 2.34. The van der Waals surface area contributed by atoms with E-state index in [2.05, 4.69) is 20.9 Å². The van der Waals surface area contributed by atoms with Gasteiger partial charge in [0.2, 0.25) is 0 Å². The Morgan fingerprint density at radius 3 is 2.88 bits per heavy atom. The van der Waals surface area contributed by atoms with Crippen molar-refractivity contribution in [1.29, 1.82) is 0 Å². The van der Waals surface area contributed by atoms with E-state index in [1.54, 1.807) is 0 Å². The molecule has 84 valence electrons. The topological polar surface area (TPSA) is 48.1 Å². The molecule has 2 N–H and O–H groups in total. The summed E-state index contributed by atoms with van der Waals surface area (Å²) >= 11 is 4.91. The first-order valence-electron chi connectivity index (χ1n) is 4.84. The Hall–Kier alpha value is -1.07. The molecule has 0 radical (unpaired) electrons. The third-order valence-electron chi connectivity index (χ3n) is 2.05. The van der Waals surface area contributed by atoms with Gasteiger partial charge in [0.05, 0.1) is 16.8 Å². The summed E-state index contributed by atoms with van der Waals surface area (Å²) in [6.07, 6.45) is 0. The molecule has 1 heterocycles. The Labute approximate surface area is 106 Å². The average Bonchev–Trinajstić information content (AvgIpc) is 2.68. The van der Waals surface area contributed by atoms with Gasteiger partial charge in [0.15, 0.2) is 5.13 Å². The molecule has 0 saturated heterocycles. The second-order valence-corrected chi connectivity index (χ2v) is 4.89. The van der Waals surface area contributed by atoms with E-state index in [0.29, 0.717) is 11.7 Å². The van der Waals surface area contributed by atoms with E-state index >= 15 is 0 Å². The molecule has 3 nitrogen and oxygen atoms in total. The zero-order valence-electron chi connectivity index (χ0n) is 8.74. The first-order valence-corrected chi connectivity index (χ1v) is 6.51. The Bertz CT molecular complexity index is 498. The van der Waals surface area contributed by atoms with Crippen LogP contribution in [-0.4, -0.2) is 11.6 Å². The number of benzene rings is 1. The SMILES string of the molecule is CCOc1ccc(-c2csc(N)n2)cc1Br. The Morgan fingerprint density at radius 2 is 2.31 bits per heavy atom. The molecular formula is C11H11BrN2OS. The van der Waals surface area contributed by atoms with Crippen LogP contribution in [0.3, 0.4) is 0 Å². The number of nitrogen functional groups attached to an aromatic ring is 1. The second-order valence-electron chi connectivity index (χ2n) is 3.15. The number of hydrogen-bond donors (Lipinski definition) is 1. The quantitative estimate of drug-likeness (QED) is 0.942. The van der Waals surface area contributed by atoms with Gasteiger partial charge in [0, 0.05) is 10.9 Å². The van der Waals surface area contributed by atoms with E-state index in [4.69, 9.17) is 10.5 Å². The lowest BCUT2D eigenvalue weighted by molar-refractivity contribution is 0.338. The van der Waals surface area contributed by atoms with Crippen molar-refractivity contribution in [3.05, 3.63) is 28.1 Å². The zero-order valence-corrected chi connectivity index (χ0v) is 11.1. The highest BCUT2D eigenvalue weighted by Gasteiger charge is 2.06. The smallest absolute Gasteiger partial charge is 0.180 e. The molecule has 1 aromatic carbocycles. The van der Waals surface area contributed by atoms with Gasteiger partial charge < -0.3 is 10.5 Å². The summed E-state index contributed by atoms with van der Waals surface area (Å²) in [5.74, 6) is 0.842. The molecule has 0 aliphatic rings. The van der Waals surface area contributed by atoms with E-state index in [9.17, 15) is 0 Å². The van der Waals surface area contributed by atoms with Crippen LogP contribution in [0.2, 0.25) is 0 Å². The van der Waals surface area contributed by atoms with Gasteiger partial charge >= 0.3 is 0 Å². The van der Waals surface area contributed by atoms with Crippen molar-refractivity contribution in [2.24, 2.45) is 0 Å².